The van der Waals surface area contributed by atoms with Crippen molar-refractivity contribution in [2.24, 2.45) is 11.7 Å². The first-order chi connectivity index (χ1) is 7.63. The van der Waals surface area contributed by atoms with Gasteiger partial charge in [0.25, 0.3) is 0 Å². The van der Waals surface area contributed by atoms with Crippen LogP contribution in [-0.4, -0.2) is 30.9 Å². The molecule has 0 spiro atoms. The molecule has 4 N–H and O–H groups in total. The van der Waals surface area contributed by atoms with Gasteiger partial charge in [0.2, 0.25) is 11.8 Å². The molecule has 0 aromatic carbocycles. The van der Waals surface area contributed by atoms with Crippen molar-refractivity contribution in [3.05, 3.63) is 0 Å². The molecular weight excluding hydrogens is 206 g/mol. The number of hydrogen-bond donors (Lipinski definition) is 3. The van der Waals surface area contributed by atoms with Crippen LogP contribution in [0.25, 0.3) is 0 Å². The summed E-state index contributed by atoms with van der Waals surface area (Å²) in [6, 6.07) is 0.0885. The van der Waals surface area contributed by atoms with Crippen LogP contribution in [-0.2, 0) is 9.59 Å². The Morgan fingerprint density at radius 2 is 2.44 bits per heavy atom. The Labute approximate surface area is 96.1 Å². The van der Waals surface area contributed by atoms with Crippen LogP contribution in [0.3, 0.4) is 0 Å². The number of hydrogen-bond acceptors (Lipinski definition) is 3. The summed E-state index contributed by atoms with van der Waals surface area (Å²) in [6.07, 6.45) is 2.93. The Bertz CT molecular complexity index is 246. The number of carbonyl (C=O) groups is 2. The molecule has 5 nitrogen and oxygen atoms in total. The molecule has 1 fully saturated rings. The maximum absolute atomic E-state index is 11.7. The molecule has 2 atom stereocenters. The fourth-order valence-electron chi connectivity index (χ4n) is 1.75. The van der Waals surface area contributed by atoms with Gasteiger partial charge in [0.1, 0.15) is 0 Å². The summed E-state index contributed by atoms with van der Waals surface area (Å²) in [5.74, 6) is 0.137. The van der Waals surface area contributed by atoms with Crippen LogP contribution >= 0.6 is 0 Å². The molecule has 1 aliphatic rings. The lowest BCUT2D eigenvalue weighted by atomic mass is 10.0. The minimum absolute atomic E-state index is 0.00109. The van der Waals surface area contributed by atoms with Crippen LogP contribution in [0.4, 0.5) is 0 Å². The van der Waals surface area contributed by atoms with E-state index in [1.54, 1.807) is 0 Å². The summed E-state index contributed by atoms with van der Waals surface area (Å²) in [5.41, 5.74) is 5.40. The van der Waals surface area contributed by atoms with Crippen molar-refractivity contribution in [3.8, 4) is 0 Å². The van der Waals surface area contributed by atoms with E-state index in [-0.39, 0.29) is 23.8 Å². The molecule has 1 aliphatic heterocycles. The van der Waals surface area contributed by atoms with Gasteiger partial charge in [-0.2, -0.15) is 0 Å². The van der Waals surface area contributed by atoms with Crippen LogP contribution in [0.1, 0.15) is 32.6 Å². The standard InChI is InChI=1S/C11H21N3O2/c1-8(3-2-6-12)11(16)14-9-4-5-10(15)13-7-9/h8-9H,2-7,12H2,1H3,(H,13,15)(H,14,16). The quantitative estimate of drug-likeness (QED) is 0.606. The van der Waals surface area contributed by atoms with Gasteiger partial charge in [-0.15, -0.1) is 0 Å². The lowest BCUT2D eigenvalue weighted by molar-refractivity contribution is -0.127. The van der Waals surface area contributed by atoms with Gasteiger partial charge in [0, 0.05) is 24.9 Å². The lowest BCUT2D eigenvalue weighted by Crippen LogP contribution is -2.49. The van der Waals surface area contributed by atoms with E-state index in [0.29, 0.717) is 19.5 Å². The summed E-state index contributed by atoms with van der Waals surface area (Å²) in [5, 5.41) is 5.70. The van der Waals surface area contributed by atoms with Crippen LogP contribution < -0.4 is 16.4 Å². The molecule has 2 amide bonds. The van der Waals surface area contributed by atoms with Crippen LogP contribution in [0.5, 0.6) is 0 Å². The number of nitrogens with one attached hydrogen (secondary N) is 2. The molecular formula is C11H21N3O2. The summed E-state index contributed by atoms with van der Waals surface area (Å²) in [6.45, 7) is 3.08. The average molecular weight is 227 g/mol. The predicted octanol–water partition coefficient (Wildman–Crippen LogP) is -0.244. The van der Waals surface area contributed by atoms with Gasteiger partial charge in [0.05, 0.1) is 0 Å². The van der Waals surface area contributed by atoms with Crippen LogP contribution in [0.2, 0.25) is 0 Å². The third-order valence-electron chi connectivity index (χ3n) is 2.90. The van der Waals surface area contributed by atoms with Crippen LogP contribution in [0.15, 0.2) is 0 Å². The van der Waals surface area contributed by atoms with Gasteiger partial charge in [-0.1, -0.05) is 6.92 Å². The highest BCUT2D eigenvalue weighted by Crippen LogP contribution is 2.08. The topological polar surface area (TPSA) is 84.2 Å². The fourth-order valence-corrected chi connectivity index (χ4v) is 1.75. The van der Waals surface area contributed by atoms with Crippen molar-refractivity contribution >= 4 is 11.8 Å². The smallest absolute Gasteiger partial charge is 0.223 e. The Kier molecular flexibility index (Phi) is 5.25. The fraction of sp³-hybridized carbons (Fsp3) is 0.818. The zero-order chi connectivity index (χ0) is 12.0. The Hall–Kier alpha value is -1.10. The number of nitrogens with two attached hydrogens (primary N) is 1. The maximum atomic E-state index is 11.7. The van der Waals surface area contributed by atoms with Gasteiger partial charge in [-0.25, -0.2) is 0 Å². The highest BCUT2D eigenvalue weighted by atomic mass is 16.2. The molecule has 1 rings (SSSR count). The molecule has 0 radical (unpaired) electrons. The normalized spacial score (nSPS) is 22.4. The second-order valence-corrected chi connectivity index (χ2v) is 4.38. The lowest BCUT2D eigenvalue weighted by Gasteiger charge is -2.24. The first-order valence-corrected chi connectivity index (χ1v) is 5.90. The van der Waals surface area contributed by atoms with Crippen molar-refractivity contribution in [3.63, 3.8) is 0 Å². The number of amides is 2. The van der Waals surface area contributed by atoms with Crippen LogP contribution in [0, 0.1) is 5.92 Å². The van der Waals surface area contributed by atoms with Gasteiger partial charge in [0.15, 0.2) is 0 Å². The number of piperidine rings is 1. The average Bonchev–Trinajstić information content (AvgIpc) is 2.29. The second-order valence-electron chi connectivity index (χ2n) is 4.38. The van der Waals surface area contributed by atoms with Crippen molar-refractivity contribution < 1.29 is 9.59 Å². The number of rotatable bonds is 5. The van der Waals surface area contributed by atoms with Gasteiger partial charge in [-0.3, -0.25) is 9.59 Å². The Balaban J connectivity index is 2.25. The largest absolute Gasteiger partial charge is 0.354 e. The maximum Gasteiger partial charge on any atom is 0.223 e. The van der Waals surface area contributed by atoms with Crippen molar-refractivity contribution in [2.75, 3.05) is 13.1 Å². The first kappa shape index (κ1) is 13.0. The number of carbonyl (C=O) groups excluding carboxylic acids is 2. The molecule has 2 unspecified atom stereocenters. The molecule has 0 bridgehead atoms. The molecule has 16 heavy (non-hydrogen) atoms. The van der Waals surface area contributed by atoms with E-state index < -0.39 is 0 Å². The third kappa shape index (κ3) is 4.18. The molecule has 0 aromatic rings. The Morgan fingerprint density at radius 1 is 1.69 bits per heavy atom. The molecule has 0 saturated carbocycles. The van der Waals surface area contributed by atoms with E-state index in [2.05, 4.69) is 10.6 Å². The van der Waals surface area contributed by atoms with E-state index in [1.165, 1.54) is 0 Å². The highest BCUT2D eigenvalue weighted by Gasteiger charge is 2.21. The minimum Gasteiger partial charge on any atom is -0.354 e. The molecule has 0 aliphatic carbocycles. The van der Waals surface area contributed by atoms with Crippen molar-refractivity contribution in [2.45, 2.75) is 38.6 Å². The van der Waals surface area contributed by atoms with E-state index in [9.17, 15) is 9.59 Å². The van der Waals surface area contributed by atoms with Gasteiger partial charge < -0.3 is 16.4 Å². The zero-order valence-corrected chi connectivity index (χ0v) is 9.79. The van der Waals surface area contributed by atoms with Crippen molar-refractivity contribution in [1.29, 1.82) is 0 Å². The van der Waals surface area contributed by atoms with Crippen molar-refractivity contribution in [1.82, 2.24) is 10.6 Å². The summed E-state index contributed by atoms with van der Waals surface area (Å²) >= 11 is 0. The summed E-state index contributed by atoms with van der Waals surface area (Å²) in [7, 11) is 0. The Morgan fingerprint density at radius 3 is 3.00 bits per heavy atom. The molecule has 5 heteroatoms. The van der Waals surface area contributed by atoms with Gasteiger partial charge in [-0.05, 0) is 25.8 Å². The zero-order valence-electron chi connectivity index (χ0n) is 9.79. The third-order valence-corrected chi connectivity index (χ3v) is 2.90. The van der Waals surface area contributed by atoms with E-state index in [4.69, 9.17) is 5.73 Å². The van der Waals surface area contributed by atoms with E-state index in [0.717, 1.165) is 19.3 Å². The molecule has 0 aromatic heterocycles. The summed E-state index contributed by atoms with van der Waals surface area (Å²) in [4.78, 5) is 22.7. The molecule has 1 heterocycles. The molecule has 1 saturated heterocycles. The molecule has 92 valence electrons. The SMILES string of the molecule is CC(CCCN)C(=O)NC1CCC(=O)NC1. The highest BCUT2D eigenvalue weighted by molar-refractivity contribution is 5.80. The first-order valence-electron chi connectivity index (χ1n) is 5.90. The minimum atomic E-state index is 0.00109. The predicted molar refractivity (Wildman–Crippen MR) is 61.6 cm³/mol. The van der Waals surface area contributed by atoms with Gasteiger partial charge >= 0.3 is 0 Å². The van der Waals surface area contributed by atoms with E-state index in [1.807, 2.05) is 6.92 Å². The second kappa shape index (κ2) is 6.48. The summed E-state index contributed by atoms with van der Waals surface area (Å²) < 4.78 is 0. The monoisotopic (exact) mass is 227 g/mol. The van der Waals surface area contributed by atoms with E-state index >= 15 is 0 Å².